The van der Waals surface area contributed by atoms with Gasteiger partial charge in [-0.3, -0.25) is 4.84 Å². The maximum atomic E-state index is 11.7. The molecule has 0 saturated carbocycles. The van der Waals surface area contributed by atoms with E-state index in [1.54, 1.807) is 6.92 Å². The molecule has 0 heterocycles. The molecule has 152 valence electrons. The molecule has 0 radical (unpaired) electrons. The number of rotatable bonds is 11. The third kappa shape index (κ3) is 9.34. The highest BCUT2D eigenvalue weighted by molar-refractivity contribution is 8.17. The van der Waals surface area contributed by atoms with Gasteiger partial charge in [-0.15, -0.1) is 11.8 Å². The van der Waals surface area contributed by atoms with Crippen molar-refractivity contribution in [3.8, 4) is 5.75 Å². The van der Waals surface area contributed by atoms with E-state index in [1.807, 2.05) is 43.5 Å². The van der Waals surface area contributed by atoms with Gasteiger partial charge < -0.3 is 9.84 Å². The van der Waals surface area contributed by atoms with Gasteiger partial charge in [0.2, 0.25) is 0 Å². The number of unbranched alkanes of at least 4 members (excludes halogenated alkanes) is 1. The van der Waals surface area contributed by atoms with Crippen LogP contribution in [0.25, 0.3) is 0 Å². The molecule has 1 amide bonds. The number of nitrogens with one attached hydrogen (secondary N) is 1. The predicted octanol–water partition coefficient (Wildman–Crippen LogP) is 5.53. The third-order valence-electron chi connectivity index (χ3n) is 3.42. The molecular weight excluding hydrogens is 421 g/mol. The zero-order chi connectivity index (χ0) is 20.1. The Labute approximate surface area is 176 Å². The third-order valence-corrected chi connectivity index (χ3v) is 10.0. The molecule has 10 heteroatoms. The Hall–Kier alpha value is -0.730. The molecule has 0 bridgehead atoms. The molecule has 0 fully saturated rings. The molecule has 0 saturated heterocycles. The van der Waals surface area contributed by atoms with Gasteiger partial charge in [0.1, 0.15) is 10.8 Å². The summed E-state index contributed by atoms with van der Waals surface area (Å²) in [5, 5.41) is 7.09. The number of carbonyl (C=O) groups is 1. The zero-order valence-electron chi connectivity index (χ0n) is 16.2. The van der Waals surface area contributed by atoms with Crippen molar-refractivity contribution in [2.45, 2.75) is 33.6 Å². The van der Waals surface area contributed by atoms with Crippen LogP contribution in [-0.4, -0.2) is 40.1 Å². The SMILES string of the molecule is CCCCN(SCNC(=O)O/N=C(\C)SC)P(=S)(CC)Oc1ccccc1. The maximum absolute atomic E-state index is 11.7. The van der Waals surface area contributed by atoms with Gasteiger partial charge in [-0.05, 0) is 43.5 Å². The molecule has 6 nitrogen and oxygen atoms in total. The second kappa shape index (κ2) is 13.4. The van der Waals surface area contributed by atoms with E-state index < -0.39 is 12.5 Å². The number of carbonyl (C=O) groups excluding carboxylic acids is 1. The van der Waals surface area contributed by atoms with Crippen molar-refractivity contribution in [1.29, 1.82) is 0 Å². The smallest absolute Gasteiger partial charge is 0.434 e. The van der Waals surface area contributed by atoms with Crippen molar-refractivity contribution in [1.82, 2.24) is 9.39 Å². The minimum absolute atomic E-state index is 0.340. The van der Waals surface area contributed by atoms with E-state index >= 15 is 0 Å². The number of amides is 1. The average Bonchev–Trinajstić information content (AvgIpc) is 2.69. The van der Waals surface area contributed by atoms with Crippen molar-refractivity contribution in [3.63, 3.8) is 0 Å². The van der Waals surface area contributed by atoms with Crippen LogP contribution in [0.5, 0.6) is 5.75 Å². The number of hydrogen-bond donors (Lipinski definition) is 1. The molecule has 0 aliphatic heterocycles. The lowest BCUT2D eigenvalue weighted by Crippen LogP contribution is -2.27. The summed E-state index contributed by atoms with van der Waals surface area (Å²) in [5.74, 6) is 1.12. The Kier molecular flexibility index (Phi) is 12.1. The number of thioether (sulfide) groups is 1. The monoisotopic (exact) mass is 449 g/mol. The summed E-state index contributed by atoms with van der Waals surface area (Å²) in [6, 6.07) is 9.65. The number of oxime groups is 1. The van der Waals surface area contributed by atoms with Gasteiger partial charge in [0.15, 0.2) is 6.42 Å². The fraction of sp³-hybridized carbons (Fsp3) is 0.529. The molecule has 0 aliphatic carbocycles. The number of benzene rings is 1. The van der Waals surface area contributed by atoms with Gasteiger partial charge >= 0.3 is 6.09 Å². The first-order valence-corrected chi connectivity index (χ1v) is 13.8. The summed E-state index contributed by atoms with van der Waals surface area (Å²) in [4.78, 5) is 16.5. The minimum atomic E-state index is -2.25. The Morgan fingerprint density at radius 3 is 2.63 bits per heavy atom. The number of para-hydroxylation sites is 1. The summed E-state index contributed by atoms with van der Waals surface area (Å²) in [7, 11) is 0. The highest BCUT2D eigenvalue weighted by atomic mass is 32.5. The molecule has 27 heavy (non-hydrogen) atoms. The van der Waals surface area contributed by atoms with Crippen LogP contribution in [0, 0.1) is 0 Å². The fourth-order valence-electron chi connectivity index (χ4n) is 1.85. The van der Waals surface area contributed by atoms with Crippen LogP contribution in [0.4, 0.5) is 4.79 Å². The molecule has 1 aromatic carbocycles. The lowest BCUT2D eigenvalue weighted by atomic mass is 10.3. The standard InChI is InChI=1S/C17H28N3O3PS3/c1-5-7-13-20(27-14-18-17(21)22-19-15(3)26-4)24(25,6-2)23-16-11-9-8-10-12-16/h8-12H,5-7,13-14H2,1-4H3,(H,18,21)/b19-15+. The van der Waals surface area contributed by atoms with Gasteiger partial charge in [-0.2, -0.15) is 4.08 Å². The summed E-state index contributed by atoms with van der Waals surface area (Å²) in [6.45, 7) is 6.76. The molecule has 1 rings (SSSR count). The second-order valence-corrected chi connectivity index (χ2v) is 12.0. The number of hydrogen-bond acceptors (Lipinski definition) is 7. The lowest BCUT2D eigenvalue weighted by molar-refractivity contribution is 0.153. The number of nitrogens with zero attached hydrogens (tertiary/aromatic N) is 2. The molecule has 1 unspecified atom stereocenters. The zero-order valence-corrected chi connectivity index (χ0v) is 19.6. The molecule has 0 aliphatic rings. The maximum Gasteiger partial charge on any atom is 0.434 e. The molecule has 0 spiro atoms. The van der Waals surface area contributed by atoms with E-state index in [0.29, 0.717) is 10.9 Å². The van der Waals surface area contributed by atoms with Gasteiger partial charge in [0.25, 0.3) is 0 Å². The van der Waals surface area contributed by atoms with Crippen LogP contribution in [0.2, 0.25) is 0 Å². The predicted molar refractivity (Wildman–Crippen MR) is 122 cm³/mol. The summed E-state index contributed by atoms with van der Waals surface area (Å²) >= 11 is 8.81. The molecular formula is C17H28N3O3PS3. The van der Waals surface area contributed by atoms with Crippen molar-refractivity contribution in [3.05, 3.63) is 30.3 Å². The molecule has 1 aromatic rings. The molecule has 1 atom stereocenters. The van der Waals surface area contributed by atoms with Gasteiger partial charge in [-0.25, -0.2) is 4.79 Å². The van der Waals surface area contributed by atoms with Crippen LogP contribution in [0.3, 0.4) is 0 Å². The van der Waals surface area contributed by atoms with Crippen molar-refractivity contribution < 1.29 is 14.2 Å². The van der Waals surface area contributed by atoms with Crippen LogP contribution >= 0.6 is 30.1 Å². The van der Waals surface area contributed by atoms with E-state index in [1.165, 1.54) is 23.7 Å². The van der Waals surface area contributed by atoms with E-state index in [-0.39, 0.29) is 0 Å². The summed E-state index contributed by atoms with van der Waals surface area (Å²) in [5.41, 5.74) is 0. The largest absolute Gasteiger partial charge is 0.452 e. The van der Waals surface area contributed by atoms with Crippen molar-refractivity contribution >= 4 is 53.1 Å². The fourth-order valence-corrected chi connectivity index (χ4v) is 6.24. The van der Waals surface area contributed by atoms with Crippen molar-refractivity contribution in [2.24, 2.45) is 5.16 Å². The Morgan fingerprint density at radius 1 is 1.33 bits per heavy atom. The quantitative estimate of drug-likeness (QED) is 0.0907. The van der Waals surface area contributed by atoms with E-state index in [2.05, 4.69) is 21.5 Å². The molecule has 0 aromatic heterocycles. The highest BCUT2D eigenvalue weighted by Crippen LogP contribution is 2.54. The topological polar surface area (TPSA) is 63.2 Å². The average molecular weight is 450 g/mol. The van der Waals surface area contributed by atoms with Crippen LogP contribution in [-0.2, 0) is 16.6 Å². The Morgan fingerprint density at radius 2 is 2.04 bits per heavy atom. The van der Waals surface area contributed by atoms with Gasteiger partial charge in [-0.1, -0.05) is 55.6 Å². The van der Waals surface area contributed by atoms with Gasteiger partial charge in [0.05, 0.1) is 5.88 Å². The first-order valence-electron chi connectivity index (χ1n) is 8.73. The second-order valence-electron chi connectivity index (χ2n) is 5.43. The summed E-state index contributed by atoms with van der Waals surface area (Å²) in [6.07, 6.45) is 1.82. The Balaban J connectivity index is 2.69. The van der Waals surface area contributed by atoms with Gasteiger partial charge in [0, 0.05) is 12.7 Å². The minimum Gasteiger partial charge on any atom is -0.452 e. The molecule has 1 N–H and O–H groups in total. The first kappa shape index (κ1) is 24.3. The van der Waals surface area contributed by atoms with Crippen molar-refractivity contribution in [2.75, 3.05) is 24.8 Å². The highest BCUT2D eigenvalue weighted by Gasteiger charge is 2.27. The van der Waals surface area contributed by atoms with Crippen LogP contribution in [0.1, 0.15) is 33.6 Å². The van der Waals surface area contributed by atoms with E-state index in [9.17, 15) is 4.79 Å². The van der Waals surface area contributed by atoms with Crippen LogP contribution < -0.4 is 9.84 Å². The normalized spacial score (nSPS) is 13.9. The van der Waals surface area contributed by atoms with Crippen LogP contribution in [0.15, 0.2) is 35.5 Å². The van der Waals surface area contributed by atoms with E-state index in [4.69, 9.17) is 21.2 Å². The van der Waals surface area contributed by atoms with E-state index in [0.717, 1.165) is 31.3 Å². The lowest BCUT2D eigenvalue weighted by Gasteiger charge is -2.33. The first-order chi connectivity index (χ1) is 12.9. The Bertz CT molecular complexity index is 647. The summed E-state index contributed by atoms with van der Waals surface area (Å²) < 4.78 is 8.34.